The van der Waals surface area contributed by atoms with Crippen molar-refractivity contribution in [2.24, 2.45) is 5.73 Å². The fourth-order valence-corrected chi connectivity index (χ4v) is 2.20. The van der Waals surface area contributed by atoms with Crippen LogP contribution in [0.3, 0.4) is 0 Å². The molecule has 0 spiro atoms. The predicted molar refractivity (Wildman–Crippen MR) is 73.1 cm³/mol. The summed E-state index contributed by atoms with van der Waals surface area (Å²) in [5.41, 5.74) is 6.93. The molecule has 2 rings (SSSR count). The Bertz CT molecular complexity index is 533. The molecule has 2 N–H and O–H groups in total. The van der Waals surface area contributed by atoms with Gasteiger partial charge in [-0.1, -0.05) is 24.3 Å². The van der Waals surface area contributed by atoms with E-state index < -0.39 is 0 Å². The van der Waals surface area contributed by atoms with Crippen LogP contribution in [0.4, 0.5) is 8.78 Å². The van der Waals surface area contributed by atoms with E-state index in [2.05, 4.69) is 0 Å². The highest BCUT2D eigenvalue weighted by molar-refractivity contribution is 5.73. The number of carbonyl (C=O) groups is 1. The van der Waals surface area contributed by atoms with E-state index >= 15 is 0 Å². The second kappa shape index (κ2) is 6.28. The van der Waals surface area contributed by atoms with Gasteiger partial charge in [0.1, 0.15) is 11.6 Å². The number of nitrogens with two attached hydrogens (primary N) is 1. The zero-order valence-corrected chi connectivity index (χ0v) is 10.9. The number of carbonyl (C=O) groups excluding carboxylic acids is 1. The van der Waals surface area contributed by atoms with Crippen LogP contribution in [-0.4, -0.2) is 5.91 Å². The van der Waals surface area contributed by atoms with Gasteiger partial charge in [-0.25, -0.2) is 8.78 Å². The predicted octanol–water partition coefficient (Wildman–Crippen LogP) is 3.36. The van der Waals surface area contributed by atoms with Crippen LogP contribution in [0.5, 0.6) is 0 Å². The summed E-state index contributed by atoms with van der Waals surface area (Å²) in [4.78, 5) is 11.0. The molecular formula is C16H15F2NO. The number of rotatable bonds is 5. The molecule has 0 fully saturated rings. The molecule has 0 saturated heterocycles. The summed E-state index contributed by atoms with van der Waals surface area (Å²) in [5.74, 6) is -1.13. The normalized spacial score (nSPS) is 10.8. The Labute approximate surface area is 116 Å². The Morgan fingerprint density at radius 3 is 1.65 bits per heavy atom. The Morgan fingerprint density at radius 1 is 0.900 bits per heavy atom. The summed E-state index contributed by atoms with van der Waals surface area (Å²) in [5, 5.41) is 0. The minimum Gasteiger partial charge on any atom is -0.370 e. The number of halogens is 2. The molecule has 104 valence electrons. The van der Waals surface area contributed by atoms with E-state index in [1.165, 1.54) is 24.3 Å². The van der Waals surface area contributed by atoms with Gasteiger partial charge in [0.2, 0.25) is 5.91 Å². The monoisotopic (exact) mass is 275 g/mol. The number of benzene rings is 2. The quantitative estimate of drug-likeness (QED) is 0.893. The van der Waals surface area contributed by atoms with Gasteiger partial charge < -0.3 is 5.73 Å². The van der Waals surface area contributed by atoms with E-state index in [-0.39, 0.29) is 29.9 Å². The van der Waals surface area contributed by atoms with Gasteiger partial charge in [0.05, 0.1) is 0 Å². The molecule has 20 heavy (non-hydrogen) atoms. The van der Waals surface area contributed by atoms with E-state index in [0.29, 0.717) is 6.42 Å². The molecule has 2 aromatic rings. The smallest absolute Gasteiger partial charge is 0.217 e. The lowest BCUT2D eigenvalue weighted by molar-refractivity contribution is -0.118. The minimum atomic E-state index is -0.390. The second-order valence-corrected chi connectivity index (χ2v) is 4.66. The lowest BCUT2D eigenvalue weighted by atomic mass is 9.87. The molecule has 0 unspecified atom stereocenters. The molecule has 0 bridgehead atoms. The lowest BCUT2D eigenvalue weighted by Gasteiger charge is -2.17. The summed E-state index contributed by atoms with van der Waals surface area (Å²) < 4.78 is 26.0. The molecular weight excluding hydrogens is 260 g/mol. The fraction of sp³-hybridized carbons (Fsp3) is 0.188. The van der Waals surface area contributed by atoms with E-state index in [0.717, 1.165) is 11.1 Å². The van der Waals surface area contributed by atoms with Gasteiger partial charge >= 0.3 is 0 Å². The molecule has 0 heterocycles. The Hall–Kier alpha value is -2.23. The molecule has 2 nitrogen and oxygen atoms in total. The number of amides is 1. The van der Waals surface area contributed by atoms with Crippen molar-refractivity contribution in [3.63, 3.8) is 0 Å². The van der Waals surface area contributed by atoms with Crippen LogP contribution < -0.4 is 5.73 Å². The highest BCUT2D eigenvalue weighted by Crippen LogP contribution is 2.29. The molecule has 1 amide bonds. The number of hydrogen-bond acceptors (Lipinski definition) is 1. The highest BCUT2D eigenvalue weighted by Gasteiger charge is 2.15. The van der Waals surface area contributed by atoms with Gasteiger partial charge in [-0.2, -0.15) is 0 Å². The van der Waals surface area contributed by atoms with Crippen molar-refractivity contribution in [2.45, 2.75) is 18.8 Å². The topological polar surface area (TPSA) is 43.1 Å². The van der Waals surface area contributed by atoms with Crippen LogP contribution in [0, 0.1) is 11.6 Å². The van der Waals surface area contributed by atoms with Crippen molar-refractivity contribution < 1.29 is 13.6 Å². The first-order chi connectivity index (χ1) is 9.56. The van der Waals surface area contributed by atoms with E-state index in [1.807, 2.05) is 0 Å². The molecule has 0 saturated carbocycles. The van der Waals surface area contributed by atoms with Crippen molar-refractivity contribution in [3.8, 4) is 0 Å². The van der Waals surface area contributed by atoms with Gasteiger partial charge in [0, 0.05) is 12.3 Å². The average molecular weight is 275 g/mol. The maximum atomic E-state index is 13.0. The van der Waals surface area contributed by atoms with Crippen LogP contribution in [-0.2, 0) is 4.79 Å². The summed E-state index contributed by atoms with van der Waals surface area (Å²) in [7, 11) is 0. The first-order valence-electron chi connectivity index (χ1n) is 6.35. The Morgan fingerprint density at radius 2 is 1.30 bits per heavy atom. The minimum absolute atomic E-state index is 0.108. The summed E-state index contributed by atoms with van der Waals surface area (Å²) in [6, 6.07) is 12.2. The largest absolute Gasteiger partial charge is 0.370 e. The third-order valence-electron chi connectivity index (χ3n) is 3.22. The molecule has 0 aliphatic heterocycles. The molecule has 0 radical (unpaired) electrons. The van der Waals surface area contributed by atoms with Gasteiger partial charge in [0.15, 0.2) is 0 Å². The fourth-order valence-electron chi connectivity index (χ4n) is 2.20. The van der Waals surface area contributed by atoms with Crippen LogP contribution in [0.15, 0.2) is 48.5 Å². The summed E-state index contributed by atoms with van der Waals surface area (Å²) >= 11 is 0. The van der Waals surface area contributed by atoms with Crippen LogP contribution >= 0.6 is 0 Å². The standard InChI is InChI=1S/C16H15F2NO/c17-13-5-1-11(2-6-13)15(9-10-16(19)20)12-3-7-14(18)8-4-12/h1-8,15H,9-10H2,(H2,19,20). The summed E-state index contributed by atoms with van der Waals surface area (Å²) in [6.45, 7) is 0. The van der Waals surface area contributed by atoms with E-state index in [9.17, 15) is 13.6 Å². The van der Waals surface area contributed by atoms with Crippen molar-refractivity contribution in [3.05, 3.63) is 71.3 Å². The number of hydrogen-bond donors (Lipinski definition) is 1. The van der Waals surface area contributed by atoms with Gasteiger partial charge in [-0.05, 0) is 41.8 Å². The first-order valence-corrected chi connectivity index (χ1v) is 6.35. The number of primary amides is 1. The van der Waals surface area contributed by atoms with Crippen LogP contribution in [0.1, 0.15) is 29.9 Å². The highest BCUT2D eigenvalue weighted by atomic mass is 19.1. The average Bonchev–Trinajstić information content (AvgIpc) is 2.42. The zero-order chi connectivity index (χ0) is 14.5. The molecule has 0 aromatic heterocycles. The van der Waals surface area contributed by atoms with Crippen molar-refractivity contribution >= 4 is 5.91 Å². The SMILES string of the molecule is NC(=O)CCC(c1ccc(F)cc1)c1ccc(F)cc1. The van der Waals surface area contributed by atoms with Gasteiger partial charge in [-0.15, -0.1) is 0 Å². The third kappa shape index (κ3) is 3.63. The first kappa shape index (κ1) is 14.2. The van der Waals surface area contributed by atoms with Crippen LogP contribution in [0.25, 0.3) is 0 Å². The third-order valence-corrected chi connectivity index (χ3v) is 3.22. The maximum Gasteiger partial charge on any atom is 0.217 e. The van der Waals surface area contributed by atoms with E-state index in [4.69, 9.17) is 5.73 Å². The van der Waals surface area contributed by atoms with Crippen molar-refractivity contribution in [1.29, 1.82) is 0 Å². The van der Waals surface area contributed by atoms with E-state index in [1.54, 1.807) is 24.3 Å². The maximum absolute atomic E-state index is 13.0. The Kier molecular flexibility index (Phi) is 4.45. The molecule has 2 aromatic carbocycles. The molecule has 0 atom stereocenters. The van der Waals surface area contributed by atoms with Crippen LogP contribution in [0.2, 0.25) is 0 Å². The summed E-state index contributed by atoms with van der Waals surface area (Å²) in [6.07, 6.45) is 0.728. The second-order valence-electron chi connectivity index (χ2n) is 4.66. The molecule has 0 aliphatic carbocycles. The Balaban J connectivity index is 2.30. The van der Waals surface area contributed by atoms with Gasteiger partial charge in [0.25, 0.3) is 0 Å². The zero-order valence-electron chi connectivity index (χ0n) is 10.9. The molecule has 4 heteroatoms. The van der Waals surface area contributed by atoms with Crippen molar-refractivity contribution in [2.75, 3.05) is 0 Å². The van der Waals surface area contributed by atoms with Gasteiger partial charge in [-0.3, -0.25) is 4.79 Å². The lowest BCUT2D eigenvalue weighted by Crippen LogP contribution is -2.13. The molecule has 0 aliphatic rings. The van der Waals surface area contributed by atoms with Crippen molar-refractivity contribution in [1.82, 2.24) is 0 Å².